The van der Waals surface area contributed by atoms with Crippen LogP contribution in [0.15, 0.2) is 36.8 Å². The molecule has 2 atom stereocenters. The van der Waals surface area contributed by atoms with Crippen LogP contribution < -0.4 is 15.0 Å². The van der Waals surface area contributed by atoms with Gasteiger partial charge in [0.05, 0.1) is 42.0 Å². The highest BCUT2D eigenvalue weighted by Gasteiger charge is 2.45. The van der Waals surface area contributed by atoms with E-state index in [9.17, 15) is 23.2 Å². The van der Waals surface area contributed by atoms with E-state index in [4.69, 9.17) is 9.47 Å². The van der Waals surface area contributed by atoms with Crippen LogP contribution in [-0.2, 0) is 4.74 Å². The van der Waals surface area contributed by atoms with E-state index >= 15 is 0 Å². The second-order valence-electron chi connectivity index (χ2n) is 10.1. The van der Waals surface area contributed by atoms with Crippen LogP contribution in [0.5, 0.6) is 5.75 Å². The first-order chi connectivity index (χ1) is 17.9. The lowest BCUT2D eigenvalue weighted by Gasteiger charge is -2.39. The van der Waals surface area contributed by atoms with Crippen LogP contribution in [0.1, 0.15) is 39.7 Å². The summed E-state index contributed by atoms with van der Waals surface area (Å²) in [6, 6.07) is 6.48. The number of nitriles is 1. The van der Waals surface area contributed by atoms with Gasteiger partial charge in [0.25, 0.3) is 0 Å². The predicted molar refractivity (Wildman–Crippen MR) is 134 cm³/mol. The standard InChI is InChI=1S/C26H29F3N6O3/c1-5-37-20-9-21(23-17(10-30)12-32-35(23)15-20)16-6-7-22(31-11-16)34-13-18(26(27,28)29)8-19(14-34)33-24(36)38-25(2,3)4/h6-7,9,11-12,15,18-19H,5,8,13-14H2,1-4H3,(H,33,36)/t18-,19+/m0/s1. The van der Waals surface area contributed by atoms with Crippen LogP contribution in [0.2, 0.25) is 0 Å². The highest BCUT2D eigenvalue weighted by molar-refractivity contribution is 5.85. The summed E-state index contributed by atoms with van der Waals surface area (Å²) in [5, 5.41) is 16.3. The maximum atomic E-state index is 13.8. The van der Waals surface area contributed by atoms with Gasteiger partial charge in [-0.1, -0.05) is 0 Å². The largest absolute Gasteiger partial charge is 0.492 e. The Hall–Kier alpha value is -4.01. The summed E-state index contributed by atoms with van der Waals surface area (Å²) < 4.78 is 53.7. The van der Waals surface area contributed by atoms with Gasteiger partial charge in [-0.25, -0.2) is 14.3 Å². The molecule has 12 heteroatoms. The maximum Gasteiger partial charge on any atom is 0.407 e. The second kappa shape index (κ2) is 10.4. The molecule has 0 bridgehead atoms. The average Bonchev–Trinajstić information content (AvgIpc) is 3.25. The van der Waals surface area contributed by atoms with Gasteiger partial charge in [0.2, 0.25) is 0 Å². The van der Waals surface area contributed by atoms with Gasteiger partial charge in [-0.05, 0) is 52.3 Å². The molecule has 4 heterocycles. The van der Waals surface area contributed by atoms with E-state index in [1.807, 2.05) is 6.92 Å². The summed E-state index contributed by atoms with van der Waals surface area (Å²) in [6.07, 6.45) is -0.777. The fourth-order valence-electron chi connectivity index (χ4n) is 4.48. The first-order valence-corrected chi connectivity index (χ1v) is 12.2. The Balaban J connectivity index is 1.62. The summed E-state index contributed by atoms with van der Waals surface area (Å²) in [7, 11) is 0. The van der Waals surface area contributed by atoms with Gasteiger partial charge in [-0.15, -0.1) is 0 Å². The van der Waals surface area contributed by atoms with Crippen LogP contribution in [0, 0.1) is 17.2 Å². The summed E-state index contributed by atoms with van der Waals surface area (Å²) in [5.41, 5.74) is 1.46. The van der Waals surface area contributed by atoms with E-state index in [1.165, 1.54) is 11.1 Å². The van der Waals surface area contributed by atoms with Crippen LogP contribution in [0.3, 0.4) is 0 Å². The molecule has 0 spiro atoms. The smallest absolute Gasteiger partial charge is 0.407 e. The quantitative estimate of drug-likeness (QED) is 0.498. The third kappa shape index (κ3) is 6.10. The zero-order chi connectivity index (χ0) is 27.7. The molecule has 38 heavy (non-hydrogen) atoms. The molecule has 0 saturated carbocycles. The van der Waals surface area contributed by atoms with E-state index < -0.39 is 29.8 Å². The topological polar surface area (TPSA) is 105 Å². The van der Waals surface area contributed by atoms with Crippen LogP contribution in [-0.4, -0.2) is 58.2 Å². The molecule has 9 nitrogen and oxygen atoms in total. The number of piperidine rings is 1. The molecule has 1 N–H and O–H groups in total. The number of nitrogens with one attached hydrogen (secondary N) is 1. The second-order valence-corrected chi connectivity index (χ2v) is 10.1. The Morgan fingerprint density at radius 1 is 1.24 bits per heavy atom. The lowest BCUT2D eigenvalue weighted by molar-refractivity contribution is -0.177. The summed E-state index contributed by atoms with van der Waals surface area (Å²) in [4.78, 5) is 18.2. The third-order valence-electron chi connectivity index (χ3n) is 6.04. The third-order valence-corrected chi connectivity index (χ3v) is 6.04. The van der Waals surface area contributed by atoms with E-state index in [1.54, 1.807) is 55.9 Å². The Kier molecular flexibility index (Phi) is 7.40. The number of amides is 1. The summed E-state index contributed by atoms with van der Waals surface area (Å²) >= 11 is 0. The molecule has 1 aliphatic heterocycles. The Morgan fingerprint density at radius 2 is 2.00 bits per heavy atom. The van der Waals surface area contributed by atoms with Gasteiger partial charge < -0.3 is 19.7 Å². The number of anilines is 1. The van der Waals surface area contributed by atoms with Crippen molar-refractivity contribution < 1.29 is 27.4 Å². The summed E-state index contributed by atoms with van der Waals surface area (Å²) in [6.45, 7) is 7.20. The molecule has 0 unspecified atom stereocenters. The number of alkyl halides is 3. The molecule has 1 fully saturated rings. The molecule has 4 rings (SSSR count). The number of alkyl carbamates (subject to hydrolysis) is 1. The van der Waals surface area contributed by atoms with E-state index in [-0.39, 0.29) is 19.5 Å². The lowest BCUT2D eigenvalue weighted by atomic mass is 9.93. The molecule has 0 aliphatic carbocycles. The van der Waals surface area contributed by atoms with Gasteiger partial charge in [0, 0.05) is 30.4 Å². The van der Waals surface area contributed by atoms with E-state index in [0.717, 1.165) is 0 Å². The van der Waals surface area contributed by atoms with E-state index in [2.05, 4.69) is 21.5 Å². The molecule has 3 aromatic rings. The molecule has 3 aromatic heterocycles. The molecule has 1 amide bonds. The van der Waals surface area contributed by atoms with Gasteiger partial charge in [0.15, 0.2) is 0 Å². The molecule has 0 radical (unpaired) electrons. The monoisotopic (exact) mass is 530 g/mol. The first kappa shape index (κ1) is 27.0. The van der Waals surface area contributed by atoms with Crippen molar-refractivity contribution in [3.8, 4) is 22.9 Å². The number of rotatable bonds is 5. The van der Waals surface area contributed by atoms with Gasteiger partial charge in [-0.2, -0.15) is 23.5 Å². The van der Waals surface area contributed by atoms with Crippen molar-refractivity contribution in [1.29, 1.82) is 5.26 Å². The molecular formula is C26H29F3N6O3. The number of carbonyl (C=O) groups excluding carboxylic acids is 1. The number of carbonyl (C=O) groups is 1. The van der Waals surface area contributed by atoms with E-state index in [0.29, 0.717) is 40.4 Å². The van der Waals surface area contributed by atoms with Crippen LogP contribution >= 0.6 is 0 Å². The van der Waals surface area contributed by atoms with Gasteiger partial charge in [-0.3, -0.25) is 0 Å². The maximum absolute atomic E-state index is 13.8. The van der Waals surface area contributed by atoms with Crippen molar-refractivity contribution in [1.82, 2.24) is 19.9 Å². The minimum atomic E-state index is -4.44. The minimum absolute atomic E-state index is 0.142. The van der Waals surface area contributed by atoms with Crippen molar-refractivity contribution in [2.75, 3.05) is 24.6 Å². The number of halogens is 3. The SMILES string of the molecule is CCOc1cc(-c2ccc(N3C[C@H](NC(=O)OC(C)(C)C)C[C@H](C(F)(F)F)C3)nc2)c2c(C#N)cnn2c1. The molecule has 1 saturated heterocycles. The highest BCUT2D eigenvalue weighted by Crippen LogP contribution is 2.36. The van der Waals surface area contributed by atoms with Crippen LogP contribution in [0.4, 0.5) is 23.8 Å². The van der Waals surface area contributed by atoms with Crippen molar-refractivity contribution in [3.63, 3.8) is 0 Å². The average molecular weight is 531 g/mol. The summed E-state index contributed by atoms with van der Waals surface area (Å²) in [5.74, 6) is -0.762. The molecule has 202 valence electrons. The number of ether oxygens (including phenoxy) is 2. The normalized spacial score (nSPS) is 18.2. The Bertz CT molecular complexity index is 1340. The lowest BCUT2D eigenvalue weighted by Crippen LogP contribution is -2.54. The molecule has 1 aliphatic rings. The fraction of sp³-hybridized carbons (Fsp3) is 0.462. The zero-order valence-corrected chi connectivity index (χ0v) is 21.5. The minimum Gasteiger partial charge on any atom is -0.492 e. The van der Waals surface area contributed by atoms with Gasteiger partial charge in [0.1, 0.15) is 23.2 Å². The van der Waals surface area contributed by atoms with Crippen molar-refractivity contribution in [2.24, 2.45) is 5.92 Å². The Labute approximate surface area is 218 Å². The Morgan fingerprint density at radius 3 is 2.61 bits per heavy atom. The number of hydrogen-bond donors (Lipinski definition) is 1. The predicted octanol–water partition coefficient (Wildman–Crippen LogP) is 4.95. The van der Waals surface area contributed by atoms with Gasteiger partial charge >= 0.3 is 12.3 Å². The van der Waals surface area contributed by atoms with Crippen molar-refractivity contribution in [3.05, 3.63) is 42.4 Å². The van der Waals surface area contributed by atoms with Crippen LogP contribution in [0.25, 0.3) is 16.6 Å². The molecule has 0 aromatic carbocycles. The first-order valence-electron chi connectivity index (χ1n) is 12.2. The van der Waals surface area contributed by atoms with Crippen molar-refractivity contribution in [2.45, 2.75) is 51.9 Å². The number of nitrogens with zero attached hydrogens (tertiary/aromatic N) is 5. The highest BCUT2D eigenvalue weighted by atomic mass is 19.4. The van der Waals surface area contributed by atoms with Crippen molar-refractivity contribution >= 4 is 17.4 Å². The number of fused-ring (bicyclic) bond motifs is 1. The zero-order valence-electron chi connectivity index (χ0n) is 21.5. The number of pyridine rings is 2. The number of aromatic nitrogens is 3. The molecular weight excluding hydrogens is 501 g/mol. The number of hydrogen-bond acceptors (Lipinski definition) is 7. The fourth-order valence-corrected chi connectivity index (χ4v) is 4.48.